The number of benzene rings is 1. The summed E-state index contributed by atoms with van der Waals surface area (Å²) in [7, 11) is 0. The molecule has 0 aliphatic carbocycles. The monoisotopic (exact) mass is 212 g/mol. The standard InChI is InChI=1S/C14H16N2/c15-11-14(13-6-8-16-9-7-13)10-12-4-2-1-3-5-12/h1-9,14H,10-11,15H2/t14-/m0/s1. The van der Waals surface area contributed by atoms with Crippen LogP contribution in [-0.4, -0.2) is 11.5 Å². The van der Waals surface area contributed by atoms with Crippen LogP contribution in [0.4, 0.5) is 0 Å². The van der Waals surface area contributed by atoms with Crippen molar-refractivity contribution in [3.63, 3.8) is 0 Å². The maximum atomic E-state index is 5.83. The average Bonchev–Trinajstić information content (AvgIpc) is 2.38. The molecular formula is C14H16N2. The molecule has 0 aliphatic rings. The first-order valence-corrected chi connectivity index (χ1v) is 5.54. The second-order valence-electron chi connectivity index (χ2n) is 3.90. The fraction of sp³-hybridized carbons (Fsp3) is 0.214. The van der Waals surface area contributed by atoms with Crippen LogP contribution in [-0.2, 0) is 6.42 Å². The van der Waals surface area contributed by atoms with Crippen molar-refractivity contribution in [3.05, 3.63) is 66.0 Å². The van der Waals surface area contributed by atoms with Crippen LogP contribution in [0, 0.1) is 0 Å². The molecule has 1 aromatic heterocycles. The van der Waals surface area contributed by atoms with Crippen LogP contribution in [0.15, 0.2) is 54.9 Å². The lowest BCUT2D eigenvalue weighted by Gasteiger charge is -2.14. The predicted octanol–water partition coefficient (Wildman–Crippen LogP) is 2.37. The van der Waals surface area contributed by atoms with Crippen LogP contribution in [0.2, 0.25) is 0 Å². The first kappa shape index (κ1) is 10.8. The topological polar surface area (TPSA) is 38.9 Å². The van der Waals surface area contributed by atoms with E-state index in [-0.39, 0.29) is 0 Å². The smallest absolute Gasteiger partial charge is 0.0270 e. The van der Waals surface area contributed by atoms with E-state index in [1.807, 2.05) is 30.6 Å². The maximum Gasteiger partial charge on any atom is 0.0270 e. The Kier molecular flexibility index (Phi) is 3.67. The van der Waals surface area contributed by atoms with Gasteiger partial charge in [0, 0.05) is 18.3 Å². The molecule has 2 N–H and O–H groups in total. The van der Waals surface area contributed by atoms with Crippen molar-refractivity contribution < 1.29 is 0 Å². The van der Waals surface area contributed by atoms with Crippen LogP contribution < -0.4 is 5.73 Å². The van der Waals surface area contributed by atoms with E-state index in [9.17, 15) is 0 Å². The lowest BCUT2D eigenvalue weighted by Crippen LogP contribution is -2.15. The van der Waals surface area contributed by atoms with Gasteiger partial charge in [0.05, 0.1) is 0 Å². The molecule has 0 bridgehead atoms. The maximum absolute atomic E-state index is 5.83. The van der Waals surface area contributed by atoms with E-state index in [4.69, 9.17) is 5.73 Å². The van der Waals surface area contributed by atoms with Gasteiger partial charge in [-0.2, -0.15) is 0 Å². The van der Waals surface area contributed by atoms with Crippen molar-refractivity contribution in [2.45, 2.75) is 12.3 Å². The number of nitrogens with zero attached hydrogens (tertiary/aromatic N) is 1. The summed E-state index contributed by atoms with van der Waals surface area (Å²) in [4.78, 5) is 4.03. The highest BCUT2D eigenvalue weighted by molar-refractivity contribution is 5.22. The zero-order chi connectivity index (χ0) is 11.2. The molecule has 1 atom stereocenters. The molecule has 1 heterocycles. The van der Waals surface area contributed by atoms with E-state index in [2.05, 4.69) is 29.2 Å². The summed E-state index contributed by atoms with van der Waals surface area (Å²) in [5, 5.41) is 0. The van der Waals surface area contributed by atoms with Gasteiger partial charge in [-0.3, -0.25) is 4.98 Å². The number of hydrogen-bond donors (Lipinski definition) is 1. The molecule has 0 aliphatic heterocycles. The molecule has 0 fully saturated rings. The van der Waals surface area contributed by atoms with Gasteiger partial charge in [0.15, 0.2) is 0 Å². The highest BCUT2D eigenvalue weighted by Gasteiger charge is 2.09. The Morgan fingerprint density at radius 1 is 1.00 bits per heavy atom. The molecule has 2 rings (SSSR count). The van der Waals surface area contributed by atoms with E-state index < -0.39 is 0 Å². The largest absolute Gasteiger partial charge is 0.330 e. The highest BCUT2D eigenvalue weighted by atomic mass is 14.6. The highest BCUT2D eigenvalue weighted by Crippen LogP contribution is 2.18. The molecule has 1 aromatic carbocycles. The number of aromatic nitrogens is 1. The first-order valence-electron chi connectivity index (χ1n) is 5.54. The van der Waals surface area contributed by atoms with Gasteiger partial charge >= 0.3 is 0 Å². The van der Waals surface area contributed by atoms with Crippen LogP contribution in [0.1, 0.15) is 17.0 Å². The molecule has 2 heteroatoms. The van der Waals surface area contributed by atoms with Gasteiger partial charge in [-0.25, -0.2) is 0 Å². The first-order chi connectivity index (χ1) is 7.90. The quantitative estimate of drug-likeness (QED) is 0.845. The minimum atomic E-state index is 0.380. The van der Waals surface area contributed by atoms with Gasteiger partial charge in [-0.1, -0.05) is 30.3 Å². The summed E-state index contributed by atoms with van der Waals surface area (Å²) in [5.74, 6) is 0.380. The molecule has 0 radical (unpaired) electrons. The molecule has 0 spiro atoms. The Morgan fingerprint density at radius 2 is 1.69 bits per heavy atom. The molecule has 0 saturated heterocycles. The number of nitrogens with two attached hydrogens (primary N) is 1. The Hall–Kier alpha value is -1.67. The Morgan fingerprint density at radius 3 is 2.31 bits per heavy atom. The number of rotatable bonds is 4. The lowest BCUT2D eigenvalue weighted by molar-refractivity contribution is 0.693. The summed E-state index contributed by atoms with van der Waals surface area (Å²) >= 11 is 0. The summed E-state index contributed by atoms with van der Waals surface area (Å²) in [6.07, 6.45) is 4.63. The van der Waals surface area contributed by atoms with Crippen LogP contribution in [0.25, 0.3) is 0 Å². The second kappa shape index (κ2) is 5.42. The van der Waals surface area contributed by atoms with Crippen LogP contribution in [0.5, 0.6) is 0 Å². The van der Waals surface area contributed by atoms with Gasteiger partial charge in [0.25, 0.3) is 0 Å². The fourth-order valence-electron chi connectivity index (χ4n) is 1.87. The van der Waals surface area contributed by atoms with E-state index in [0.29, 0.717) is 12.5 Å². The molecule has 0 amide bonds. The van der Waals surface area contributed by atoms with Crippen molar-refractivity contribution in [1.29, 1.82) is 0 Å². The third-order valence-corrected chi connectivity index (χ3v) is 2.79. The van der Waals surface area contributed by atoms with Gasteiger partial charge < -0.3 is 5.73 Å². The molecule has 16 heavy (non-hydrogen) atoms. The van der Waals surface area contributed by atoms with Gasteiger partial charge in [-0.15, -0.1) is 0 Å². The fourth-order valence-corrected chi connectivity index (χ4v) is 1.87. The second-order valence-corrected chi connectivity index (χ2v) is 3.90. The molecule has 0 unspecified atom stereocenters. The van der Waals surface area contributed by atoms with Crippen LogP contribution >= 0.6 is 0 Å². The minimum Gasteiger partial charge on any atom is -0.330 e. The molecular weight excluding hydrogens is 196 g/mol. The summed E-state index contributed by atoms with van der Waals surface area (Å²) in [6, 6.07) is 14.5. The number of pyridine rings is 1. The summed E-state index contributed by atoms with van der Waals surface area (Å²) in [5.41, 5.74) is 8.43. The van der Waals surface area contributed by atoms with Gasteiger partial charge in [0.2, 0.25) is 0 Å². The molecule has 0 saturated carbocycles. The van der Waals surface area contributed by atoms with E-state index >= 15 is 0 Å². The van der Waals surface area contributed by atoms with Crippen molar-refractivity contribution in [3.8, 4) is 0 Å². The minimum absolute atomic E-state index is 0.380. The van der Waals surface area contributed by atoms with E-state index in [1.165, 1.54) is 11.1 Å². The Bertz CT molecular complexity index is 411. The zero-order valence-electron chi connectivity index (χ0n) is 9.21. The lowest BCUT2D eigenvalue weighted by atomic mass is 9.93. The Labute approximate surface area is 96.1 Å². The molecule has 2 aromatic rings. The van der Waals surface area contributed by atoms with Crippen molar-refractivity contribution in [2.24, 2.45) is 5.73 Å². The molecule has 2 nitrogen and oxygen atoms in total. The summed E-state index contributed by atoms with van der Waals surface area (Å²) in [6.45, 7) is 0.666. The third-order valence-electron chi connectivity index (χ3n) is 2.79. The normalized spacial score (nSPS) is 12.3. The number of hydrogen-bond acceptors (Lipinski definition) is 2. The predicted molar refractivity (Wildman–Crippen MR) is 66.2 cm³/mol. The van der Waals surface area contributed by atoms with Crippen LogP contribution in [0.3, 0.4) is 0 Å². The van der Waals surface area contributed by atoms with Crippen molar-refractivity contribution in [2.75, 3.05) is 6.54 Å². The third kappa shape index (κ3) is 2.67. The van der Waals surface area contributed by atoms with E-state index in [1.54, 1.807) is 0 Å². The SMILES string of the molecule is NC[C@H](Cc1ccccc1)c1ccncc1. The van der Waals surface area contributed by atoms with Gasteiger partial charge in [-0.05, 0) is 36.2 Å². The average molecular weight is 212 g/mol. The van der Waals surface area contributed by atoms with Crippen molar-refractivity contribution in [1.82, 2.24) is 4.98 Å². The Balaban J connectivity index is 2.13. The molecule has 82 valence electrons. The van der Waals surface area contributed by atoms with Crippen molar-refractivity contribution >= 4 is 0 Å². The van der Waals surface area contributed by atoms with Gasteiger partial charge in [0.1, 0.15) is 0 Å². The summed E-state index contributed by atoms with van der Waals surface area (Å²) < 4.78 is 0. The zero-order valence-corrected chi connectivity index (χ0v) is 9.21. The van der Waals surface area contributed by atoms with E-state index in [0.717, 1.165) is 6.42 Å².